The molecule has 0 aromatic heterocycles. The van der Waals surface area contributed by atoms with Crippen molar-refractivity contribution in [3.63, 3.8) is 0 Å². The molecule has 0 aliphatic heterocycles. The van der Waals surface area contributed by atoms with Gasteiger partial charge in [-0.15, -0.1) is 0 Å². The van der Waals surface area contributed by atoms with E-state index >= 15 is 4.39 Å². The average Bonchev–Trinajstić information content (AvgIpc) is 1.51. The number of halogens is 2. The molecule has 20 rings (SSSR count). The Bertz CT molecular complexity index is 5830. The summed E-state index contributed by atoms with van der Waals surface area (Å²) in [4.78, 5) is 4.41. The van der Waals surface area contributed by atoms with Gasteiger partial charge in [-0.05, 0) is 289 Å². The first-order chi connectivity index (χ1) is 46.4. The normalized spacial score (nSPS) is 13.6. The predicted molar refractivity (Wildman–Crippen MR) is 384 cm³/mol. The second-order valence-corrected chi connectivity index (χ2v) is 25.8. The summed E-state index contributed by atoms with van der Waals surface area (Å²) in [7, 11) is 0. The van der Waals surface area contributed by atoms with Crippen LogP contribution in [0.1, 0.15) is 44.5 Å². The molecule has 0 saturated carbocycles. The molecular weight excluding hydrogens is 1150 g/mol. The number of rotatable bonds is 7. The number of hydrogen-bond acceptors (Lipinski definition) is 2. The van der Waals surface area contributed by atoms with E-state index in [4.69, 9.17) is 0 Å². The van der Waals surface area contributed by atoms with E-state index in [1.807, 2.05) is 36.4 Å². The van der Waals surface area contributed by atoms with Crippen LogP contribution in [0, 0.1) is 11.6 Å². The Hall–Kier alpha value is -12.0. The topological polar surface area (TPSA) is 6.48 Å². The van der Waals surface area contributed by atoms with Crippen LogP contribution in [0.3, 0.4) is 0 Å². The number of para-hydroxylation sites is 1. The fourth-order valence-corrected chi connectivity index (χ4v) is 17.1. The van der Waals surface area contributed by atoms with E-state index in [-0.39, 0.29) is 11.6 Å². The van der Waals surface area contributed by atoms with Crippen LogP contribution in [0.4, 0.5) is 42.9 Å². The van der Waals surface area contributed by atoms with Crippen molar-refractivity contribution in [1.29, 1.82) is 0 Å². The summed E-state index contributed by atoms with van der Waals surface area (Å²) in [5.41, 5.74) is 26.7. The molecule has 16 aromatic rings. The molecule has 438 valence electrons. The van der Waals surface area contributed by atoms with Gasteiger partial charge in [-0.3, -0.25) is 0 Å². The molecule has 4 aliphatic rings. The van der Waals surface area contributed by atoms with Crippen molar-refractivity contribution in [2.75, 3.05) is 9.80 Å². The monoisotopic (exact) mass is 1200 g/mol. The summed E-state index contributed by atoms with van der Waals surface area (Å²) in [6.45, 7) is 0. The van der Waals surface area contributed by atoms with E-state index in [9.17, 15) is 4.39 Å². The summed E-state index contributed by atoms with van der Waals surface area (Å²) >= 11 is 0. The number of nitrogens with zero attached hydrogens (tertiary/aromatic N) is 2. The average molecular weight is 1200 g/mol. The zero-order valence-electron chi connectivity index (χ0n) is 50.8. The first kappa shape index (κ1) is 52.8. The maximum absolute atomic E-state index is 15.8. The standard InChI is InChI=1S/C90H54F2N2/c91-65-36-40-68(41-37-65)93(67-20-2-1-3-21-67)71-38-34-60-49-80-78-47-59-33-32-58(42-62(59)51-86(78)90(88(80)52-63(60)44-71)83-30-12-8-26-75(83)76-27-9-13-31-84(76)90)55-18-14-22-69(43-55)94(70-23-15-19-66(92)54-70)72-39-35-61-48-79-77-46-56-16-4-5-17-57(56)50-85(77)89(87(79)53-64(61)45-72)81-28-10-6-24-73(81)74-25-7-11-29-82(74)89/h1-54H. The van der Waals surface area contributed by atoms with Crippen molar-refractivity contribution in [2.24, 2.45) is 0 Å². The second kappa shape index (κ2) is 19.8. The highest BCUT2D eigenvalue weighted by Crippen LogP contribution is 2.66. The van der Waals surface area contributed by atoms with Gasteiger partial charge in [-0.2, -0.15) is 0 Å². The van der Waals surface area contributed by atoms with E-state index < -0.39 is 10.8 Å². The number of hydrogen-bond donors (Lipinski definition) is 0. The smallest absolute Gasteiger partial charge is 0.125 e. The Morgan fingerprint density at radius 1 is 0.181 bits per heavy atom. The summed E-state index contributed by atoms with van der Waals surface area (Å²) in [5, 5.41) is 9.25. The third kappa shape index (κ3) is 7.39. The first-order valence-corrected chi connectivity index (χ1v) is 32.3. The van der Waals surface area contributed by atoms with Crippen molar-refractivity contribution in [3.8, 4) is 55.6 Å². The van der Waals surface area contributed by atoms with Gasteiger partial charge in [0, 0.05) is 34.1 Å². The maximum Gasteiger partial charge on any atom is 0.125 e. The van der Waals surface area contributed by atoms with E-state index in [1.165, 1.54) is 118 Å². The van der Waals surface area contributed by atoms with Gasteiger partial charge in [0.25, 0.3) is 0 Å². The number of anilines is 6. The molecule has 0 fully saturated rings. The Kier molecular flexibility index (Phi) is 11.1. The largest absolute Gasteiger partial charge is 0.310 e. The molecule has 0 atom stereocenters. The lowest BCUT2D eigenvalue weighted by molar-refractivity contribution is 0.627. The lowest BCUT2D eigenvalue weighted by atomic mass is 9.70. The molecule has 4 heteroatoms. The van der Waals surface area contributed by atoms with Gasteiger partial charge in [-0.25, -0.2) is 8.78 Å². The Balaban J connectivity index is 0.730. The van der Waals surface area contributed by atoms with Crippen molar-refractivity contribution in [3.05, 3.63) is 384 Å². The fourth-order valence-electron chi connectivity index (χ4n) is 17.1. The van der Waals surface area contributed by atoms with Crippen LogP contribution in [0.2, 0.25) is 0 Å². The van der Waals surface area contributed by atoms with Crippen LogP contribution in [0.15, 0.2) is 328 Å². The SMILES string of the molecule is Fc1ccc(N(c2ccccc2)c2ccc3cc4c(cc3c2)C2(c3ccccc3-c3ccccc32)c2cc3cc(-c5cccc(N(c6cccc(F)c6)c6ccc7cc8c(cc7c6)C6(c7ccccc7-c7ccccc76)c6cc7ccccc7cc6-8)c5)ccc3cc2-4)cc1. The summed E-state index contributed by atoms with van der Waals surface area (Å²) in [5.74, 6) is -0.569. The van der Waals surface area contributed by atoms with Gasteiger partial charge >= 0.3 is 0 Å². The number of benzene rings is 16. The van der Waals surface area contributed by atoms with Crippen molar-refractivity contribution in [2.45, 2.75) is 10.8 Å². The third-order valence-electron chi connectivity index (χ3n) is 21.0. The van der Waals surface area contributed by atoms with Crippen LogP contribution in [-0.4, -0.2) is 0 Å². The van der Waals surface area contributed by atoms with Gasteiger partial charge in [-0.1, -0.05) is 182 Å². The van der Waals surface area contributed by atoms with E-state index in [2.05, 4.69) is 271 Å². The molecule has 0 unspecified atom stereocenters. The van der Waals surface area contributed by atoms with E-state index in [0.717, 1.165) is 77.6 Å². The highest BCUT2D eigenvalue weighted by Gasteiger charge is 2.53. The van der Waals surface area contributed by atoms with Crippen molar-refractivity contribution >= 4 is 77.2 Å². The number of fused-ring (bicyclic) bond motifs is 24. The lowest BCUT2D eigenvalue weighted by Crippen LogP contribution is -2.25. The quantitative estimate of drug-likeness (QED) is 0.157. The summed E-state index contributed by atoms with van der Waals surface area (Å²) in [6, 6.07) is 117. The molecule has 0 N–H and O–H groups in total. The van der Waals surface area contributed by atoms with Crippen LogP contribution in [-0.2, 0) is 10.8 Å². The van der Waals surface area contributed by atoms with E-state index in [0.29, 0.717) is 0 Å². The van der Waals surface area contributed by atoms with Crippen LogP contribution in [0.5, 0.6) is 0 Å². The molecule has 0 bridgehead atoms. The molecule has 2 nitrogen and oxygen atoms in total. The van der Waals surface area contributed by atoms with Gasteiger partial charge in [0.1, 0.15) is 11.6 Å². The maximum atomic E-state index is 15.8. The van der Waals surface area contributed by atoms with Crippen LogP contribution >= 0.6 is 0 Å². The summed E-state index contributed by atoms with van der Waals surface area (Å²) in [6.07, 6.45) is 0. The molecule has 94 heavy (non-hydrogen) atoms. The Labute approximate surface area is 542 Å². The molecule has 4 aliphatic carbocycles. The molecular formula is C90H54F2N2. The van der Waals surface area contributed by atoms with Gasteiger partial charge in [0.2, 0.25) is 0 Å². The highest BCUT2D eigenvalue weighted by atomic mass is 19.1. The Morgan fingerprint density at radius 2 is 0.521 bits per heavy atom. The molecule has 2 spiro atoms. The predicted octanol–water partition coefficient (Wildman–Crippen LogP) is 23.9. The first-order valence-electron chi connectivity index (χ1n) is 32.3. The van der Waals surface area contributed by atoms with Gasteiger partial charge < -0.3 is 9.80 Å². The van der Waals surface area contributed by atoms with E-state index in [1.54, 1.807) is 12.1 Å². The second-order valence-electron chi connectivity index (χ2n) is 25.8. The minimum absolute atomic E-state index is 0.270. The zero-order chi connectivity index (χ0) is 62.0. The van der Waals surface area contributed by atoms with Crippen molar-refractivity contribution in [1.82, 2.24) is 0 Å². The third-order valence-corrected chi connectivity index (χ3v) is 21.0. The molecule has 0 amide bonds. The fraction of sp³-hybridized carbons (Fsp3) is 0.0222. The van der Waals surface area contributed by atoms with Crippen molar-refractivity contribution < 1.29 is 8.78 Å². The lowest BCUT2D eigenvalue weighted by Gasteiger charge is -2.31. The van der Waals surface area contributed by atoms with Crippen LogP contribution < -0.4 is 9.80 Å². The molecule has 0 saturated heterocycles. The summed E-state index contributed by atoms with van der Waals surface area (Å²) < 4.78 is 30.2. The highest BCUT2D eigenvalue weighted by molar-refractivity contribution is 6.07. The molecule has 0 radical (unpaired) electrons. The van der Waals surface area contributed by atoms with Gasteiger partial charge in [0.15, 0.2) is 0 Å². The zero-order valence-corrected chi connectivity index (χ0v) is 50.8. The minimum Gasteiger partial charge on any atom is -0.310 e. The van der Waals surface area contributed by atoms with Crippen LogP contribution in [0.25, 0.3) is 98.7 Å². The molecule has 16 aromatic carbocycles. The minimum atomic E-state index is -0.612. The molecule has 0 heterocycles. The Morgan fingerprint density at radius 3 is 1.02 bits per heavy atom. The van der Waals surface area contributed by atoms with Gasteiger partial charge in [0.05, 0.1) is 10.8 Å².